The van der Waals surface area contributed by atoms with Crippen LogP contribution in [0.25, 0.3) is 0 Å². The highest BCUT2D eigenvalue weighted by molar-refractivity contribution is 9.11. The summed E-state index contributed by atoms with van der Waals surface area (Å²) in [6, 6.07) is 0. The van der Waals surface area contributed by atoms with Crippen molar-refractivity contribution in [2.45, 2.75) is 0 Å². The van der Waals surface area contributed by atoms with Crippen molar-refractivity contribution in [2.24, 2.45) is 4.99 Å². The van der Waals surface area contributed by atoms with Gasteiger partial charge in [0.05, 0.1) is 7.11 Å². The molecule has 0 rings (SSSR count). The van der Waals surface area contributed by atoms with Crippen molar-refractivity contribution in [2.75, 3.05) is 14.2 Å². The molecule has 0 aliphatic heterocycles. The molecule has 0 heterocycles. The van der Waals surface area contributed by atoms with Crippen LogP contribution in [0, 0.1) is 0 Å². The molecule has 0 fully saturated rings. The number of nitrogens with zero attached hydrogens (tertiary/aromatic N) is 2. The van der Waals surface area contributed by atoms with Gasteiger partial charge in [0.1, 0.15) is 4.61 Å². The summed E-state index contributed by atoms with van der Waals surface area (Å²) < 4.78 is 4.89. The van der Waals surface area contributed by atoms with Crippen molar-refractivity contribution in [3.05, 3.63) is 10.8 Å². The predicted molar refractivity (Wildman–Crippen MR) is 46.7 cm³/mol. The Balaban J connectivity index is 4.15. The second-order valence-corrected chi connectivity index (χ2v) is 2.50. The van der Waals surface area contributed by atoms with E-state index in [-0.39, 0.29) is 0 Å². The van der Waals surface area contributed by atoms with Crippen LogP contribution in [-0.2, 0) is 4.74 Å². The van der Waals surface area contributed by atoms with Crippen LogP contribution in [0.4, 0.5) is 4.79 Å². The lowest BCUT2D eigenvalue weighted by atomic mass is 10.7. The fourth-order valence-corrected chi connectivity index (χ4v) is 0.704. The summed E-state index contributed by atoms with van der Waals surface area (Å²) in [5, 5.41) is 0. The number of halogens is 1. The van der Waals surface area contributed by atoms with Crippen molar-refractivity contribution in [1.29, 1.82) is 0 Å². The van der Waals surface area contributed by atoms with Crippen LogP contribution >= 0.6 is 15.9 Å². The summed E-state index contributed by atoms with van der Waals surface area (Å²) in [6.07, 6.45) is 1.00. The number of amides is 1. The molecule has 0 aliphatic rings. The number of hydrogen-bond donors (Lipinski definition) is 0. The molecule has 4 nitrogen and oxygen atoms in total. The van der Waals surface area contributed by atoms with Gasteiger partial charge in [0.15, 0.2) is 0 Å². The van der Waals surface area contributed by atoms with Crippen molar-refractivity contribution in [3.63, 3.8) is 0 Å². The first kappa shape index (κ1) is 10.2. The molecule has 0 aromatic heterocycles. The lowest BCUT2D eigenvalue weighted by Crippen LogP contribution is -2.20. The number of rotatable bonds is 2. The van der Waals surface area contributed by atoms with Crippen LogP contribution < -0.4 is 0 Å². The van der Waals surface area contributed by atoms with Crippen LogP contribution in [0.5, 0.6) is 0 Å². The molecule has 0 spiro atoms. The molecule has 11 heavy (non-hydrogen) atoms. The van der Waals surface area contributed by atoms with Gasteiger partial charge in [0.25, 0.3) is 0 Å². The zero-order chi connectivity index (χ0) is 8.85. The molecule has 0 unspecified atom stereocenters. The maximum Gasteiger partial charge on any atom is 0.413 e. The van der Waals surface area contributed by atoms with Crippen LogP contribution in [0.1, 0.15) is 0 Å². The highest BCUT2D eigenvalue weighted by atomic mass is 79.9. The van der Waals surface area contributed by atoms with Gasteiger partial charge < -0.3 is 4.74 Å². The van der Waals surface area contributed by atoms with Crippen molar-refractivity contribution >= 4 is 28.7 Å². The fourth-order valence-electron chi connectivity index (χ4n) is 0.397. The van der Waals surface area contributed by atoms with Crippen molar-refractivity contribution < 1.29 is 9.53 Å². The first-order chi connectivity index (χ1) is 5.11. The van der Waals surface area contributed by atoms with Crippen molar-refractivity contribution in [1.82, 2.24) is 4.90 Å². The number of ether oxygens (including phenoxy) is 1. The molecule has 0 bridgehead atoms. The lowest BCUT2D eigenvalue weighted by Gasteiger charge is -2.08. The van der Waals surface area contributed by atoms with Crippen LogP contribution in [-0.4, -0.2) is 31.9 Å². The summed E-state index contributed by atoms with van der Waals surface area (Å²) in [6.45, 7) is 3.25. The van der Waals surface area contributed by atoms with Crippen molar-refractivity contribution in [3.8, 4) is 0 Å². The maximum absolute atomic E-state index is 10.7. The third-order valence-electron chi connectivity index (χ3n) is 0.914. The Kier molecular flexibility index (Phi) is 4.52. The molecule has 0 aromatic rings. The van der Waals surface area contributed by atoms with E-state index >= 15 is 0 Å². The molecule has 5 heteroatoms. The van der Waals surface area contributed by atoms with E-state index in [1.807, 2.05) is 0 Å². The minimum absolute atomic E-state index is 0.453. The number of aliphatic imine (C=N–C) groups is 1. The van der Waals surface area contributed by atoms with E-state index in [1.54, 1.807) is 7.05 Å². The number of hydrogen-bond acceptors (Lipinski definition) is 3. The third kappa shape index (κ3) is 3.77. The van der Waals surface area contributed by atoms with Gasteiger partial charge in [-0.1, -0.05) is 0 Å². The number of carbonyl (C=O) groups is 1. The molecule has 0 N–H and O–H groups in total. The lowest BCUT2D eigenvalue weighted by molar-refractivity contribution is 0.147. The second-order valence-electron chi connectivity index (χ2n) is 1.69. The average molecular weight is 221 g/mol. The molecule has 0 saturated carbocycles. The van der Waals surface area contributed by atoms with Gasteiger partial charge in [-0.2, -0.15) is 0 Å². The van der Waals surface area contributed by atoms with Crippen LogP contribution in [0.3, 0.4) is 0 Å². The maximum atomic E-state index is 10.7. The Bertz CT molecular complexity index is 191. The third-order valence-corrected chi connectivity index (χ3v) is 1.37. The Morgan fingerprint density at radius 1 is 1.82 bits per heavy atom. The van der Waals surface area contributed by atoms with Crippen LogP contribution in [0.2, 0.25) is 0 Å². The second kappa shape index (κ2) is 4.90. The highest BCUT2D eigenvalue weighted by Crippen LogP contribution is 2.06. The van der Waals surface area contributed by atoms with Gasteiger partial charge in [-0.25, -0.2) is 4.79 Å². The van der Waals surface area contributed by atoms with E-state index in [9.17, 15) is 4.79 Å². The molecule has 0 atom stereocenters. The number of methoxy groups -OCH3 is 1. The molecular weight excluding hydrogens is 212 g/mol. The molecular formula is C6H9BrN2O2. The summed E-state index contributed by atoms with van der Waals surface area (Å²) in [5.74, 6) is 0. The van der Waals surface area contributed by atoms with E-state index in [2.05, 4.69) is 32.4 Å². The molecule has 1 amide bonds. The quantitative estimate of drug-likeness (QED) is 0.524. The van der Waals surface area contributed by atoms with E-state index in [4.69, 9.17) is 0 Å². The molecule has 0 aliphatic carbocycles. The zero-order valence-electron chi connectivity index (χ0n) is 6.37. The molecule has 62 valence electrons. The Labute approximate surface area is 73.7 Å². The summed E-state index contributed by atoms with van der Waals surface area (Å²) in [7, 11) is 2.86. The monoisotopic (exact) mass is 220 g/mol. The molecule has 0 radical (unpaired) electrons. The van der Waals surface area contributed by atoms with E-state index in [0.717, 1.165) is 0 Å². The van der Waals surface area contributed by atoms with Gasteiger partial charge >= 0.3 is 6.09 Å². The summed E-state index contributed by atoms with van der Waals surface area (Å²) >= 11 is 3.06. The van der Waals surface area contributed by atoms with E-state index in [0.29, 0.717) is 4.61 Å². The summed E-state index contributed by atoms with van der Waals surface area (Å²) in [5.41, 5.74) is 0. The van der Waals surface area contributed by atoms with Gasteiger partial charge in [0, 0.05) is 13.2 Å². The normalized spacial score (nSPS) is 10.6. The van der Waals surface area contributed by atoms with Gasteiger partial charge in [-0.05, 0) is 22.6 Å². The first-order valence-electron chi connectivity index (χ1n) is 2.76. The smallest absolute Gasteiger partial charge is 0.413 e. The predicted octanol–water partition coefficient (Wildman–Crippen LogP) is 1.58. The van der Waals surface area contributed by atoms with Gasteiger partial charge in [-0.3, -0.25) is 9.89 Å². The van der Waals surface area contributed by atoms with E-state index in [1.165, 1.54) is 18.2 Å². The Hall–Kier alpha value is -0.840. The minimum atomic E-state index is -0.453. The number of carbonyl (C=O) groups excluding carboxylic acids is 1. The standard InChI is InChI=1S/C6H9BrN2O2/c1-8-5(7)4-9(2)6(10)11-3/h4H,1H2,2-3H3/b5-4-. The first-order valence-corrected chi connectivity index (χ1v) is 3.56. The topological polar surface area (TPSA) is 41.9 Å². The Morgan fingerprint density at radius 3 is 2.73 bits per heavy atom. The van der Waals surface area contributed by atoms with Gasteiger partial charge in [-0.15, -0.1) is 0 Å². The zero-order valence-corrected chi connectivity index (χ0v) is 7.96. The van der Waals surface area contributed by atoms with Crippen LogP contribution in [0.15, 0.2) is 15.8 Å². The summed E-state index contributed by atoms with van der Waals surface area (Å²) in [4.78, 5) is 15.5. The highest BCUT2D eigenvalue weighted by Gasteiger charge is 2.03. The van der Waals surface area contributed by atoms with Gasteiger partial charge in [0.2, 0.25) is 0 Å². The minimum Gasteiger partial charge on any atom is -0.453 e. The Morgan fingerprint density at radius 2 is 2.36 bits per heavy atom. The SMILES string of the molecule is C=N/C(Br)=C\N(C)C(=O)OC. The molecule has 0 saturated heterocycles. The molecule has 0 aromatic carbocycles. The van der Waals surface area contributed by atoms with E-state index < -0.39 is 6.09 Å². The largest absolute Gasteiger partial charge is 0.453 e. The fraction of sp³-hybridized carbons (Fsp3) is 0.333. The average Bonchev–Trinajstić information content (AvgIpc) is 2.02.